The monoisotopic (exact) mass is 554 g/mol. The Morgan fingerprint density at radius 2 is 1.47 bits per heavy atom. The van der Waals surface area contributed by atoms with E-state index in [0.717, 1.165) is 10.6 Å². The Labute approximate surface area is 229 Å². The maximum absolute atomic E-state index is 13.1. The molecule has 1 aliphatic rings. The minimum Gasteiger partial charge on any atom is -0.493 e. The molecule has 196 valence electrons. The van der Waals surface area contributed by atoms with Crippen LogP contribution in [0.4, 0.5) is 10.5 Å². The van der Waals surface area contributed by atoms with Gasteiger partial charge in [-0.2, -0.15) is 0 Å². The summed E-state index contributed by atoms with van der Waals surface area (Å²) in [6.07, 6.45) is 2.03. The fraction of sp³-hybridized carbons (Fsp3) is 0.179. The zero-order valence-electron chi connectivity index (χ0n) is 20.4. The molecule has 1 N–H and O–H groups in total. The average molecular weight is 555 g/mol. The van der Waals surface area contributed by atoms with Crippen LogP contribution >= 0.6 is 23.2 Å². The molecule has 0 spiro atoms. The number of rotatable bonds is 10. The maximum Gasteiger partial charge on any atom is 0.335 e. The first-order chi connectivity index (χ1) is 18.4. The van der Waals surface area contributed by atoms with Gasteiger partial charge in [-0.3, -0.25) is 14.9 Å². The number of anilines is 1. The van der Waals surface area contributed by atoms with Gasteiger partial charge in [0, 0.05) is 16.5 Å². The molecule has 0 radical (unpaired) electrons. The van der Waals surface area contributed by atoms with Crippen LogP contribution in [0.5, 0.6) is 17.2 Å². The highest BCUT2D eigenvalue weighted by molar-refractivity contribution is 6.39. The van der Waals surface area contributed by atoms with E-state index in [2.05, 4.69) is 5.32 Å². The molecule has 0 atom stereocenters. The lowest BCUT2D eigenvalue weighted by molar-refractivity contribution is -0.122. The lowest BCUT2D eigenvalue weighted by Crippen LogP contribution is -2.54. The number of carbonyl (C=O) groups excluding carboxylic acids is 3. The molecule has 3 aromatic rings. The van der Waals surface area contributed by atoms with Crippen LogP contribution in [0, 0.1) is 0 Å². The van der Waals surface area contributed by atoms with Crippen molar-refractivity contribution in [2.45, 2.75) is 13.3 Å². The SMILES string of the molecule is CCOc1cc(/C=C2/C(=O)NC(=O)N(c3ccc(Cl)cc3)C2=O)ccc1OCCCOc1ccc(Cl)cc1. The molecular formula is C28H24Cl2N2O6. The van der Waals surface area contributed by atoms with Crippen LogP contribution < -0.4 is 24.4 Å². The van der Waals surface area contributed by atoms with Gasteiger partial charge in [0.25, 0.3) is 11.8 Å². The third kappa shape index (κ3) is 6.65. The van der Waals surface area contributed by atoms with E-state index in [1.807, 2.05) is 6.92 Å². The molecule has 1 aliphatic heterocycles. The van der Waals surface area contributed by atoms with Crippen molar-refractivity contribution < 1.29 is 28.6 Å². The molecule has 4 amide bonds. The van der Waals surface area contributed by atoms with Crippen molar-refractivity contribution in [3.05, 3.63) is 87.9 Å². The van der Waals surface area contributed by atoms with Crippen LogP contribution in [0.3, 0.4) is 0 Å². The Morgan fingerprint density at radius 1 is 0.816 bits per heavy atom. The second-order valence-corrected chi connectivity index (χ2v) is 8.95. The smallest absolute Gasteiger partial charge is 0.335 e. The first-order valence-corrected chi connectivity index (χ1v) is 12.6. The highest BCUT2D eigenvalue weighted by atomic mass is 35.5. The van der Waals surface area contributed by atoms with E-state index in [-0.39, 0.29) is 11.3 Å². The van der Waals surface area contributed by atoms with Gasteiger partial charge in [0.05, 0.1) is 25.5 Å². The fourth-order valence-electron chi connectivity index (χ4n) is 3.61. The molecule has 0 bridgehead atoms. The number of imide groups is 2. The van der Waals surface area contributed by atoms with Gasteiger partial charge in [0.2, 0.25) is 0 Å². The standard InChI is InChI=1S/C28H24Cl2N2O6/c1-2-36-25-17-18(4-13-24(25)38-15-3-14-37-22-11-7-20(30)8-12-22)16-23-26(33)31-28(35)32(27(23)34)21-9-5-19(29)6-10-21/h4-13,16-17H,2-3,14-15H2,1H3,(H,31,33,35)/b23-16-. The molecule has 0 unspecified atom stereocenters. The number of barbiturate groups is 1. The Bertz CT molecular complexity index is 1360. The Morgan fingerprint density at radius 3 is 2.16 bits per heavy atom. The zero-order chi connectivity index (χ0) is 27.1. The van der Waals surface area contributed by atoms with E-state index in [9.17, 15) is 14.4 Å². The topological polar surface area (TPSA) is 94.2 Å². The summed E-state index contributed by atoms with van der Waals surface area (Å²) in [6, 6.07) is 17.5. The number of carbonyl (C=O) groups is 3. The summed E-state index contributed by atoms with van der Waals surface area (Å²) in [5, 5.41) is 3.29. The first kappa shape index (κ1) is 27.0. The summed E-state index contributed by atoms with van der Waals surface area (Å²) in [7, 11) is 0. The summed E-state index contributed by atoms with van der Waals surface area (Å²) in [5.74, 6) is 0.149. The summed E-state index contributed by atoms with van der Waals surface area (Å²) in [6.45, 7) is 3.06. The van der Waals surface area contributed by atoms with Gasteiger partial charge in [0.15, 0.2) is 11.5 Å². The summed E-state index contributed by atoms with van der Waals surface area (Å²) in [5.41, 5.74) is 0.611. The first-order valence-electron chi connectivity index (χ1n) is 11.8. The zero-order valence-corrected chi connectivity index (χ0v) is 21.9. The van der Waals surface area contributed by atoms with Crippen molar-refractivity contribution in [2.75, 3.05) is 24.7 Å². The molecule has 1 saturated heterocycles. The largest absolute Gasteiger partial charge is 0.493 e. The Balaban J connectivity index is 1.45. The number of urea groups is 1. The number of hydrogen-bond acceptors (Lipinski definition) is 6. The molecular weight excluding hydrogens is 531 g/mol. The molecule has 3 aromatic carbocycles. The molecule has 0 saturated carbocycles. The molecule has 10 heteroatoms. The van der Waals surface area contributed by atoms with Crippen molar-refractivity contribution in [1.82, 2.24) is 5.32 Å². The van der Waals surface area contributed by atoms with Crippen molar-refractivity contribution in [2.24, 2.45) is 0 Å². The van der Waals surface area contributed by atoms with Crippen molar-refractivity contribution in [3.8, 4) is 17.2 Å². The highest BCUT2D eigenvalue weighted by Crippen LogP contribution is 2.30. The van der Waals surface area contributed by atoms with Crippen LogP contribution in [-0.4, -0.2) is 37.7 Å². The van der Waals surface area contributed by atoms with Gasteiger partial charge in [-0.25, -0.2) is 9.69 Å². The van der Waals surface area contributed by atoms with E-state index in [0.29, 0.717) is 53.3 Å². The lowest BCUT2D eigenvalue weighted by Gasteiger charge is -2.26. The van der Waals surface area contributed by atoms with E-state index in [1.54, 1.807) is 54.6 Å². The number of ether oxygens (including phenoxy) is 3. The predicted octanol–water partition coefficient (Wildman–Crippen LogP) is 5.91. The van der Waals surface area contributed by atoms with Gasteiger partial charge < -0.3 is 14.2 Å². The van der Waals surface area contributed by atoms with Crippen LogP contribution in [0.15, 0.2) is 72.3 Å². The number of amides is 4. The van der Waals surface area contributed by atoms with Gasteiger partial charge >= 0.3 is 6.03 Å². The molecule has 0 aromatic heterocycles. The van der Waals surface area contributed by atoms with Crippen LogP contribution in [-0.2, 0) is 9.59 Å². The number of nitrogens with zero attached hydrogens (tertiary/aromatic N) is 1. The van der Waals surface area contributed by atoms with Gasteiger partial charge in [-0.05, 0) is 79.2 Å². The van der Waals surface area contributed by atoms with Crippen molar-refractivity contribution in [1.29, 1.82) is 0 Å². The van der Waals surface area contributed by atoms with Gasteiger partial charge in [-0.1, -0.05) is 29.3 Å². The number of benzene rings is 3. The lowest BCUT2D eigenvalue weighted by atomic mass is 10.1. The second-order valence-electron chi connectivity index (χ2n) is 8.08. The van der Waals surface area contributed by atoms with Gasteiger partial charge in [0.1, 0.15) is 11.3 Å². The minimum absolute atomic E-state index is 0.199. The number of hydrogen-bond donors (Lipinski definition) is 1. The van der Waals surface area contributed by atoms with Crippen LogP contribution in [0.25, 0.3) is 6.08 Å². The third-order valence-corrected chi connectivity index (χ3v) is 5.90. The fourth-order valence-corrected chi connectivity index (χ4v) is 3.86. The third-order valence-electron chi connectivity index (χ3n) is 5.39. The predicted molar refractivity (Wildman–Crippen MR) is 145 cm³/mol. The second kappa shape index (κ2) is 12.5. The highest BCUT2D eigenvalue weighted by Gasteiger charge is 2.36. The maximum atomic E-state index is 13.1. The average Bonchev–Trinajstić information content (AvgIpc) is 2.89. The van der Waals surface area contributed by atoms with Crippen LogP contribution in [0.2, 0.25) is 10.0 Å². The molecule has 8 nitrogen and oxygen atoms in total. The van der Waals surface area contributed by atoms with E-state index >= 15 is 0 Å². The molecule has 1 heterocycles. The minimum atomic E-state index is -0.835. The molecule has 38 heavy (non-hydrogen) atoms. The normalized spacial score (nSPS) is 14.4. The van der Waals surface area contributed by atoms with E-state index < -0.39 is 17.8 Å². The Kier molecular flexibility index (Phi) is 8.89. The van der Waals surface area contributed by atoms with E-state index in [4.69, 9.17) is 37.4 Å². The van der Waals surface area contributed by atoms with Crippen molar-refractivity contribution in [3.63, 3.8) is 0 Å². The molecule has 4 rings (SSSR count). The van der Waals surface area contributed by atoms with E-state index in [1.165, 1.54) is 18.2 Å². The summed E-state index contributed by atoms with van der Waals surface area (Å²) < 4.78 is 17.3. The quantitative estimate of drug-likeness (QED) is 0.190. The summed E-state index contributed by atoms with van der Waals surface area (Å²) in [4.78, 5) is 38.9. The van der Waals surface area contributed by atoms with Crippen molar-refractivity contribution >= 4 is 52.8 Å². The number of nitrogens with one attached hydrogen (secondary N) is 1. The van der Waals surface area contributed by atoms with Crippen LogP contribution in [0.1, 0.15) is 18.9 Å². The molecule has 1 fully saturated rings. The number of halogens is 2. The Hall–Kier alpha value is -4.01. The summed E-state index contributed by atoms with van der Waals surface area (Å²) >= 11 is 11.8. The molecule has 0 aliphatic carbocycles. The van der Waals surface area contributed by atoms with Gasteiger partial charge in [-0.15, -0.1) is 0 Å².